The molecular weight excluding hydrogens is 392 g/mol. The number of nitrogens with one attached hydrogen (secondary N) is 1. The smallest absolute Gasteiger partial charge is 0.232 e. The van der Waals surface area contributed by atoms with Crippen LogP contribution in [0.3, 0.4) is 0 Å². The van der Waals surface area contributed by atoms with Gasteiger partial charge >= 0.3 is 0 Å². The van der Waals surface area contributed by atoms with Gasteiger partial charge in [-0.1, -0.05) is 32.1 Å². The van der Waals surface area contributed by atoms with Crippen molar-refractivity contribution in [1.82, 2.24) is 15.0 Å². The third-order valence-electron chi connectivity index (χ3n) is 6.65. The molecule has 0 spiro atoms. The summed E-state index contributed by atoms with van der Waals surface area (Å²) in [6.07, 6.45) is 10.4. The van der Waals surface area contributed by atoms with Crippen LogP contribution in [0.4, 0.5) is 17.8 Å². The zero-order chi connectivity index (χ0) is 21.8. The lowest BCUT2D eigenvalue weighted by Gasteiger charge is -2.37. The first-order chi connectivity index (χ1) is 15.0. The lowest BCUT2D eigenvalue weighted by atomic mass is 9.97. The average molecular weight is 433 g/mol. The van der Waals surface area contributed by atoms with E-state index in [4.69, 9.17) is 37.9 Å². The summed E-state index contributed by atoms with van der Waals surface area (Å²) >= 11 is 0. The minimum atomic E-state index is 0.0165. The molecule has 10 nitrogen and oxygen atoms in total. The van der Waals surface area contributed by atoms with Gasteiger partial charge in [-0.3, -0.25) is 0 Å². The highest BCUT2D eigenvalue weighted by molar-refractivity contribution is 5.47. The third-order valence-corrected chi connectivity index (χ3v) is 6.65. The predicted octanol–water partition coefficient (Wildman–Crippen LogP) is 0.126. The second kappa shape index (κ2) is 10.2. The van der Waals surface area contributed by atoms with Gasteiger partial charge in [-0.15, -0.1) is 0 Å². The van der Waals surface area contributed by atoms with Gasteiger partial charge in [0.15, 0.2) is 0 Å². The molecule has 0 bridgehead atoms. The van der Waals surface area contributed by atoms with Crippen LogP contribution in [0.25, 0.3) is 0 Å². The number of anilines is 3. The highest BCUT2D eigenvalue weighted by atomic mass is 15.4. The van der Waals surface area contributed by atoms with Crippen molar-refractivity contribution in [2.45, 2.75) is 88.0 Å². The van der Waals surface area contributed by atoms with Crippen molar-refractivity contribution >= 4 is 17.8 Å². The summed E-state index contributed by atoms with van der Waals surface area (Å²) in [5.41, 5.74) is 25.0. The van der Waals surface area contributed by atoms with Crippen molar-refractivity contribution in [2.24, 2.45) is 22.9 Å². The van der Waals surface area contributed by atoms with E-state index < -0.39 is 0 Å². The molecule has 1 aliphatic carbocycles. The van der Waals surface area contributed by atoms with Crippen LogP contribution in [0.1, 0.15) is 57.8 Å². The molecule has 4 rings (SSSR count). The fraction of sp³-hybridized carbons (Fsp3) is 0.857. The van der Waals surface area contributed by atoms with Crippen LogP contribution in [0.15, 0.2) is 0 Å². The normalized spacial score (nSPS) is 31.2. The van der Waals surface area contributed by atoms with E-state index in [9.17, 15) is 0 Å². The van der Waals surface area contributed by atoms with Crippen LogP contribution >= 0.6 is 0 Å². The SMILES string of the molecule is NC1CC(N)CN(c2nc(NC3CCCCCCC3)nc(N3CC(N)CC(N)C3)n2)C1. The fourth-order valence-corrected chi connectivity index (χ4v) is 5.17. The van der Waals surface area contributed by atoms with Gasteiger partial charge in [0.2, 0.25) is 17.8 Å². The van der Waals surface area contributed by atoms with Crippen LogP contribution in [0.5, 0.6) is 0 Å². The van der Waals surface area contributed by atoms with E-state index in [1.807, 2.05) is 0 Å². The standard InChI is InChI=1S/C21H40N10/c22-14-8-15(23)11-30(10-14)20-27-19(26-18-6-4-2-1-3-5-7-18)28-21(29-20)31-12-16(24)9-17(25)13-31/h14-18H,1-13,22-25H2,(H,26,27,28,29). The van der Waals surface area contributed by atoms with Gasteiger partial charge in [0, 0.05) is 56.4 Å². The Morgan fingerprint density at radius 1 is 0.613 bits per heavy atom. The van der Waals surface area contributed by atoms with Crippen molar-refractivity contribution in [3.05, 3.63) is 0 Å². The Morgan fingerprint density at radius 2 is 1.03 bits per heavy atom. The summed E-state index contributed by atoms with van der Waals surface area (Å²) in [6.45, 7) is 2.77. The molecule has 4 unspecified atom stereocenters. The minimum Gasteiger partial charge on any atom is -0.351 e. The molecule has 10 heteroatoms. The molecular formula is C21H40N10. The Kier molecular flexibility index (Phi) is 7.42. The van der Waals surface area contributed by atoms with Crippen molar-refractivity contribution in [2.75, 3.05) is 41.3 Å². The summed E-state index contributed by atoms with van der Waals surface area (Å²) in [5, 5.41) is 3.61. The molecule has 3 heterocycles. The largest absolute Gasteiger partial charge is 0.351 e. The molecule has 1 aromatic heterocycles. The quantitative estimate of drug-likeness (QED) is 0.442. The van der Waals surface area contributed by atoms with E-state index in [0.717, 1.165) is 25.7 Å². The number of nitrogens with zero attached hydrogens (tertiary/aromatic N) is 5. The average Bonchev–Trinajstić information content (AvgIpc) is 2.68. The summed E-state index contributed by atoms with van der Waals surface area (Å²) in [4.78, 5) is 18.6. The summed E-state index contributed by atoms with van der Waals surface area (Å²) < 4.78 is 0. The monoisotopic (exact) mass is 432 g/mol. The van der Waals surface area contributed by atoms with Crippen LogP contribution in [-0.4, -0.2) is 71.3 Å². The predicted molar refractivity (Wildman–Crippen MR) is 125 cm³/mol. The van der Waals surface area contributed by atoms with E-state index in [1.165, 1.54) is 32.1 Å². The van der Waals surface area contributed by atoms with E-state index in [1.54, 1.807) is 0 Å². The van der Waals surface area contributed by atoms with E-state index in [2.05, 4.69) is 15.1 Å². The van der Waals surface area contributed by atoms with Crippen LogP contribution in [0.2, 0.25) is 0 Å². The first kappa shape index (κ1) is 22.4. The molecule has 3 fully saturated rings. The zero-order valence-electron chi connectivity index (χ0n) is 18.6. The molecule has 2 saturated heterocycles. The highest BCUT2D eigenvalue weighted by Crippen LogP contribution is 2.24. The minimum absolute atomic E-state index is 0.0165. The number of piperidine rings is 2. The van der Waals surface area contributed by atoms with Crippen LogP contribution in [-0.2, 0) is 0 Å². The first-order valence-electron chi connectivity index (χ1n) is 12.0. The van der Waals surface area contributed by atoms with Gasteiger partial charge in [0.25, 0.3) is 0 Å². The molecule has 9 N–H and O–H groups in total. The maximum Gasteiger partial charge on any atom is 0.232 e. The van der Waals surface area contributed by atoms with E-state index in [-0.39, 0.29) is 24.2 Å². The molecule has 4 atom stereocenters. The van der Waals surface area contributed by atoms with Gasteiger partial charge < -0.3 is 38.1 Å². The Balaban J connectivity index is 1.59. The molecule has 0 amide bonds. The number of aromatic nitrogens is 3. The van der Waals surface area contributed by atoms with Crippen molar-refractivity contribution in [1.29, 1.82) is 0 Å². The molecule has 31 heavy (non-hydrogen) atoms. The van der Waals surface area contributed by atoms with E-state index in [0.29, 0.717) is 50.1 Å². The van der Waals surface area contributed by atoms with E-state index >= 15 is 0 Å². The molecule has 1 aromatic rings. The van der Waals surface area contributed by atoms with Crippen molar-refractivity contribution < 1.29 is 0 Å². The van der Waals surface area contributed by atoms with Gasteiger partial charge in [-0.05, 0) is 25.7 Å². The molecule has 1 saturated carbocycles. The van der Waals surface area contributed by atoms with Gasteiger partial charge in [-0.25, -0.2) is 0 Å². The van der Waals surface area contributed by atoms with Gasteiger partial charge in [0.05, 0.1) is 0 Å². The first-order valence-corrected chi connectivity index (χ1v) is 12.0. The fourth-order valence-electron chi connectivity index (χ4n) is 5.17. The number of nitrogens with two attached hydrogens (primary N) is 4. The summed E-state index contributed by atoms with van der Waals surface area (Å²) in [5.74, 6) is 1.90. The third kappa shape index (κ3) is 6.15. The van der Waals surface area contributed by atoms with Crippen molar-refractivity contribution in [3.63, 3.8) is 0 Å². The number of rotatable bonds is 4. The topological polar surface area (TPSA) is 161 Å². The Morgan fingerprint density at radius 3 is 1.48 bits per heavy atom. The van der Waals surface area contributed by atoms with Crippen LogP contribution in [0, 0.1) is 0 Å². The number of hydrogen-bond acceptors (Lipinski definition) is 10. The van der Waals surface area contributed by atoms with Crippen LogP contribution < -0.4 is 38.1 Å². The Hall–Kier alpha value is -1.75. The lowest BCUT2D eigenvalue weighted by Crippen LogP contribution is -2.54. The van der Waals surface area contributed by atoms with Gasteiger partial charge in [-0.2, -0.15) is 15.0 Å². The second-order valence-electron chi connectivity index (χ2n) is 9.77. The molecule has 174 valence electrons. The maximum atomic E-state index is 6.24. The Bertz CT molecular complexity index is 643. The number of hydrogen-bond donors (Lipinski definition) is 5. The van der Waals surface area contributed by atoms with Gasteiger partial charge in [0.1, 0.15) is 0 Å². The molecule has 2 aliphatic heterocycles. The molecule has 0 radical (unpaired) electrons. The zero-order valence-corrected chi connectivity index (χ0v) is 18.6. The lowest BCUT2D eigenvalue weighted by molar-refractivity contribution is 0.440. The Labute approximate surface area is 185 Å². The highest BCUT2D eigenvalue weighted by Gasteiger charge is 2.29. The molecule has 0 aromatic carbocycles. The van der Waals surface area contributed by atoms with Crippen molar-refractivity contribution in [3.8, 4) is 0 Å². The summed E-state index contributed by atoms with van der Waals surface area (Å²) in [7, 11) is 0. The second-order valence-corrected chi connectivity index (χ2v) is 9.77. The summed E-state index contributed by atoms with van der Waals surface area (Å²) in [6, 6.07) is 0.455. The molecule has 3 aliphatic rings. The maximum absolute atomic E-state index is 6.24.